The first-order chi connectivity index (χ1) is 25.5. The van der Waals surface area contributed by atoms with Crippen LogP contribution in [0.3, 0.4) is 0 Å². The Morgan fingerprint density at radius 3 is 2.42 bits per heavy atom. The number of alkyl halides is 3. The predicted molar refractivity (Wildman–Crippen MR) is 193 cm³/mol. The molecule has 1 saturated heterocycles. The smallest absolute Gasteiger partial charge is 0.418 e. The number of imide groups is 1. The van der Waals surface area contributed by atoms with E-state index in [-0.39, 0.29) is 46.3 Å². The molecule has 0 radical (unpaired) electrons. The Hall–Kier alpha value is -5.08. The van der Waals surface area contributed by atoms with E-state index in [0.29, 0.717) is 28.6 Å². The number of thiazole rings is 1. The largest absolute Gasteiger partial charge is 0.493 e. The third kappa shape index (κ3) is 5.44. The van der Waals surface area contributed by atoms with Crippen molar-refractivity contribution in [2.24, 2.45) is 29.6 Å². The average Bonchev–Trinajstić information content (AvgIpc) is 3.89. The topological polar surface area (TPSA) is 118 Å². The van der Waals surface area contributed by atoms with E-state index in [9.17, 15) is 32.3 Å². The number of nitrogens with zero attached hydrogens (tertiary/aromatic N) is 1. The van der Waals surface area contributed by atoms with E-state index in [1.807, 2.05) is 48.5 Å². The van der Waals surface area contributed by atoms with Crippen LogP contribution >= 0.6 is 23.1 Å². The lowest BCUT2D eigenvalue weighted by molar-refractivity contribution is -0.137. The van der Waals surface area contributed by atoms with E-state index in [2.05, 4.69) is 10.3 Å². The van der Waals surface area contributed by atoms with Gasteiger partial charge in [-0.05, 0) is 76.9 Å². The van der Waals surface area contributed by atoms with Gasteiger partial charge in [0.15, 0.2) is 18.1 Å². The van der Waals surface area contributed by atoms with E-state index in [1.54, 1.807) is 12.1 Å². The molecule has 3 amide bonds. The molecule has 5 aromatic rings. The molecule has 2 aliphatic carbocycles. The molecule has 0 spiro atoms. The molecule has 2 bridgehead atoms. The minimum absolute atomic E-state index is 0.167. The maximum atomic E-state index is 14.1. The summed E-state index contributed by atoms with van der Waals surface area (Å²) in [5.41, 5.74) is -0.0414. The Kier molecular flexibility index (Phi) is 7.96. The Bertz CT molecular complexity index is 2390. The lowest BCUT2D eigenvalue weighted by Gasteiger charge is -2.43. The van der Waals surface area contributed by atoms with Gasteiger partial charge < -0.3 is 19.8 Å². The molecule has 53 heavy (non-hydrogen) atoms. The number of carbonyl (C=O) groups excluding carboxylic acids is 3. The van der Waals surface area contributed by atoms with Gasteiger partial charge in [0.25, 0.3) is 5.91 Å². The van der Waals surface area contributed by atoms with Crippen LogP contribution in [0.1, 0.15) is 28.3 Å². The van der Waals surface area contributed by atoms with E-state index < -0.39 is 41.1 Å². The number of hydrogen-bond donors (Lipinski definition) is 2. The number of halogens is 3. The molecule has 4 aromatic carbocycles. The van der Waals surface area contributed by atoms with Crippen LogP contribution in [0.2, 0.25) is 0 Å². The molecule has 2 aliphatic heterocycles. The normalized spacial score (nSPS) is 25.7. The van der Waals surface area contributed by atoms with Crippen LogP contribution in [0.5, 0.6) is 11.5 Å². The summed E-state index contributed by atoms with van der Waals surface area (Å²) in [4.78, 5) is 57.9. The Morgan fingerprint density at radius 2 is 1.64 bits per heavy atom. The number of aromatic amines is 1. The zero-order chi connectivity index (χ0) is 36.8. The third-order valence-corrected chi connectivity index (χ3v) is 13.7. The van der Waals surface area contributed by atoms with Crippen molar-refractivity contribution < 1.29 is 37.0 Å². The lowest BCUT2D eigenvalue weighted by Crippen LogP contribution is -2.42. The fourth-order valence-corrected chi connectivity index (χ4v) is 12.0. The summed E-state index contributed by atoms with van der Waals surface area (Å²) < 4.78 is 53.7. The third-order valence-electron chi connectivity index (χ3n) is 11.1. The molecule has 14 heteroatoms. The number of methoxy groups -OCH3 is 1. The van der Waals surface area contributed by atoms with Crippen LogP contribution in [-0.2, 0) is 20.6 Å². The molecule has 3 fully saturated rings. The minimum Gasteiger partial charge on any atom is -0.493 e. The average molecular weight is 758 g/mol. The number of aromatic nitrogens is 1. The zero-order valence-electron chi connectivity index (χ0n) is 27.9. The van der Waals surface area contributed by atoms with Crippen molar-refractivity contribution in [3.05, 3.63) is 111 Å². The highest BCUT2D eigenvalue weighted by molar-refractivity contribution is 8.00. The zero-order valence-corrected chi connectivity index (χ0v) is 29.5. The van der Waals surface area contributed by atoms with E-state index in [1.165, 1.54) is 37.1 Å². The van der Waals surface area contributed by atoms with Crippen LogP contribution in [0, 0.1) is 29.6 Å². The van der Waals surface area contributed by atoms with Gasteiger partial charge in [-0.2, -0.15) is 13.2 Å². The van der Waals surface area contributed by atoms with E-state index >= 15 is 0 Å². The molecule has 4 aliphatic rings. The van der Waals surface area contributed by atoms with Crippen molar-refractivity contribution in [3.63, 3.8) is 0 Å². The number of anilines is 2. The number of fused-ring (bicyclic) bond motifs is 10. The molecule has 9 nitrogen and oxygen atoms in total. The number of ether oxygens (including phenoxy) is 2. The Balaban J connectivity index is 1.000. The molecule has 7 atom stereocenters. The van der Waals surface area contributed by atoms with Gasteiger partial charge in [0, 0.05) is 21.7 Å². The van der Waals surface area contributed by atoms with Crippen LogP contribution in [0.25, 0.3) is 10.8 Å². The van der Waals surface area contributed by atoms with Crippen LogP contribution in [0.4, 0.5) is 24.5 Å². The van der Waals surface area contributed by atoms with Crippen LogP contribution in [0.15, 0.2) is 94.7 Å². The standard InChI is InChI=1S/C39H30F3N3O6S2/c1-50-27-15-20(11-13-26(27)51-17-28(46)43-21-12-10-18-6-2-3-7-19(18)14-21)29-30-22-16-23(33(30)52-35-34(29)53-38(49)44-35)32-31(22)36(47)45(37(32)48)25-9-5-4-8-24(25)39(40,41)42/h2-15,22-23,29-33H,16-17H2,1H3,(H,43,46)(H,44,49)/t22-,23-,29+,30-,31+,32+,33-/m1/s1. The van der Waals surface area contributed by atoms with Gasteiger partial charge in [0.2, 0.25) is 11.8 Å². The first-order valence-electron chi connectivity index (χ1n) is 17.0. The van der Waals surface area contributed by atoms with Crippen LogP contribution in [-0.4, -0.2) is 41.7 Å². The molecule has 3 heterocycles. The molecule has 0 unspecified atom stereocenters. The summed E-state index contributed by atoms with van der Waals surface area (Å²) in [7, 11) is 1.49. The number of rotatable bonds is 7. The SMILES string of the molecule is COc1cc([C@@H]2c3sc(=O)[nH]c3S[C@@H]3[C@@H]4C[C@@H]([C@@H]5C(=O)N(c6ccccc6C(F)(F)F)C(=O)[C@@H]45)[C@H]23)ccc1OCC(=O)Nc1ccc2ccccc2c1. The minimum atomic E-state index is -4.75. The number of nitrogens with one attached hydrogen (secondary N) is 2. The second-order valence-corrected chi connectivity index (χ2v) is 16.0. The Labute approximate surface area is 308 Å². The number of thioether (sulfide) groups is 1. The first kappa shape index (κ1) is 33.7. The molecular weight excluding hydrogens is 728 g/mol. The fraction of sp³-hybridized carbons (Fsp3) is 0.282. The summed E-state index contributed by atoms with van der Waals surface area (Å²) in [6.45, 7) is -0.284. The maximum Gasteiger partial charge on any atom is 0.418 e. The van der Waals surface area contributed by atoms with Gasteiger partial charge in [0.05, 0.1) is 35.2 Å². The van der Waals surface area contributed by atoms with Crippen molar-refractivity contribution >= 4 is 63.0 Å². The van der Waals surface area contributed by atoms with Crippen molar-refractivity contribution in [3.8, 4) is 11.5 Å². The summed E-state index contributed by atoms with van der Waals surface area (Å²) in [6, 6.07) is 23.5. The summed E-state index contributed by atoms with van der Waals surface area (Å²) in [5.74, 6) is -3.54. The van der Waals surface area contributed by atoms with Crippen molar-refractivity contribution in [1.29, 1.82) is 0 Å². The van der Waals surface area contributed by atoms with Crippen LogP contribution < -0.4 is 24.6 Å². The quantitative estimate of drug-likeness (QED) is 0.167. The van der Waals surface area contributed by atoms with Gasteiger partial charge in [-0.15, -0.1) is 11.8 Å². The van der Waals surface area contributed by atoms with Gasteiger partial charge in [-0.3, -0.25) is 19.2 Å². The predicted octanol–water partition coefficient (Wildman–Crippen LogP) is 7.31. The lowest BCUT2D eigenvalue weighted by atomic mass is 9.68. The molecule has 270 valence electrons. The van der Waals surface area contributed by atoms with Gasteiger partial charge in [0.1, 0.15) is 0 Å². The van der Waals surface area contributed by atoms with Crippen molar-refractivity contribution in [1.82, 2.24) is 4.98 Å². The van der Waals surface area contributed by atoms with Gasteiger partial charge >= 0.3 is 11.0 Å². The Morgan fingerprint density at radius 1 is 0.906 bits per heavy atom. The molecule has 1 aromatic heterocycles. The summed E-state index contributed by atoms with van der Waals surface area (Å²) >= 11 is 2.57. The van der Waals surface area contributed by atoms with E-state index in [4.69, 9.17) is 9.47 Å². The highest BCUT2D eigenvalue weighted by Gasteiger charge is 2.70. The fourth-order valence-electron chi connectivity index (χ4n) is 9.14. The number of hydrogen-bond acceptors (Lipinski definition) is 8. The number of H-pyrrole nitrogens is 1. The number of carbonyl (C=O) groups is 3. The highest BCUT2D eigenvalue weighted by Crippen LogP contribution is 2.69. The van der Waals surface area contributed by atoms with Crippen molar-refractivity contribution in [2.75, 3.05) is 23.9 Å². The second kappa shape index (κ2) is 12.5. The number of amides is 3. The van der Waals surface area contributed by atoms with Gasteiger partial charge in [-0.25, -0.2) is 4.90 Å². The molecule has 2 saturated carbocycles. The van der Waals surface area contributed by atoms with Gasteiger partial charge in [-0.1, -0.05) is 59.9 Å². The summed E-state index contributed by atoms with van der Waals surface area (Å²) in [5, 5.41) is 5.42. The molecule has 9 rings (SSSR count). The second-order valence-electron chi connectivity index (χ2n) is 13.8. The van der Waals surface area contributed by atoms with E-state index in [0.717, 1.165) is 43.5 Å². The number of benzene rings is 4. The highest BCUT2D eigenvalue weighted by atomic mass is 32.2. The molecular formula is C39H30F3N3O6S2. The van der Waals surface area contributed by atoms with Crippen molar-refractivity contribution in [2.45, 2.75) is 28.8 Å². The molecule has 2 N–H and O–H groups in total. The number of para-hydroxylation sites is 1. The summed E-state index contributed by atoms with van der Waals surface area (Å²) in [6.07, 6.45) is -4.18. The monoisotopic (exact) mass is 757 g/mol. The maximum absolute atomic E-state index is 14.1. The first-order valence-corrected chi connectivity index (χ1v) is 18.7.